The van der Waals surface area contributed by atoms with Crippen LogP contribution in [0.25, 0.3) is 0 Å². The fourth-order valence-electron chi connectivity index (χ4n) is 2.27. The van der Waals surface area contributed by atoms with Gasteiger partial charge in [-0.05, 0) is 31.0 Å². The predicted molar refractivity (Wildman–Crippen MR) is 67.6 cm³/mol. The lowest BCUT2D eigenvalue weighted by Crippen LogP contribution is -2.04. The molecule has 1 fully saturated rings. The number of rotatable bonds is 3. The van der Waals surface area contributed by atoms with Crippen LogP contribution >= 0.6 is 0 Å². The summed E-state index contributed by atoms with van der Waals surface area (Å²) in [6.45, 7) is 0. The van der Waals surface area contributed by atoms with Crippen LogP contribution in [-0.4, -0.2) is 15.9 Å². The third-order valence-electron chi connectivity index (χ3n) is 3.58. The second-order valence-corrected chi connectivity index (χ2v) is 5.23. The monoisotopic (exact) mass is 291 g/mol. The molecule has 2 heterocycles. The molecule has 0 bridgehead atoms. The third kappa shape index (κ3) is 2.28. The first-order valence-electron chi connectivity index (χ1n) is 6.72. The highest BCUT2D eigenvalue weighted by atomic mass is 19.1. The Labute approximate surface area is 118 Å². The Bertz CT molecular complexity index is 725. The zero-order valence-electron chi connectivity index (χ0n) is 10.9. The summed E-state index contributed by atoms with van der Waals surface area (Å²) in [7, 11) is 0. The topological polar surface area (TPSA) is 60.5 Å². The Kier molecular flexibility index (Phi) is 2.73. The van der Waals surface area contributed by atoms with Crippen molar-refractivity contribution in [2.24, 2.45) is 5.16 Å². The molecule has 2 aliphatic rings. The van der Waals surface area contributed by atoms with Crippen molar-refractivity contribution in [3.8, 4) is 0 Å². The molecule has 0 saturated heterocycles. The van der Waals surface area contributed by atoms with Gasteiger partial charge in [0.15, 0.2) is 5.82 Å². The Morgan fingerprint density at radius 2 is 2.05 bits per heavy atom. The second kappa shape index (κ2) is 4.61. The first-order valence-corrected chi connectivity index (χ1v) is 6.72. The molecule has 5 nitrogen and oxygen atoms in total. The highest BCUT2D eigenvalue weighted by molar-refractivity contribution is 6.01. The molecule has 7 heteroatoms. The van der Waals surface area contributed by atoms with Gasteiger partial charge >= 0.3 is 0 Å². The van der Waals surface area contributed by atoms with E-state index in [1.807, 2.05) is 0 Å². The zero-order chi connectivity index (χ0) is 14.4. The number of hydrogen-bond donors (Lipinski definition) is 0. The molecule has 1 aliphatic carbocycles. The summed E-state index contributed by atoms with van der Waals surface area (Å²) in [5.41, 5.74) is 0.433. The summed E-state index contributed by atoms with van der Waals surface area (Å²) >= 11 is 0. The number of halogens is 2. The lowest BCUT2D eigenvalue weighted by molar-refractivity contribution is 0.0599. The van der Waals surface area contributed by atoms with Gasteiger partial charge in [-0.1, -0.05) is 10.3 Å². The molecule has 1 saturated carbocycles. The summed E-state index contributed by atoms with van der Waals surface area (Å²) in [6, 6.07) is 3.23. The molecule has 0 unspecified atom stereocenters. The Morgan fingerprint density at radius 1 is 1.19 bits per heavy atom. The maximum Gasteiger partial charge on any atom is 0.270 e. The van der Waals surface area contributed by atoms with Crippen LogP contribution in [0.1, 0.15) is 48.6 Å². The molecule has 1 aliphatic heterocycles. The molecule has 108 valence electrons. The van der Waals surface area contributed by atoms with E-state index in [9.17, 15) is 8.78 Å². The molecule has 0 N–H and O–H groups in total. The predicted octanol–water partition coefficient (Wildman–Crippen LogP) is 3.09. The van der Waals surface area contributed by atoms with Crippen LogP contribution in [0, 0.1) is 11.6 Å². The van der Waals surface area contributed by atoms with Gasteiger partial charge in [-0.2, -0.15) is 4.98 Å². The number of benzene rings is 1. The van der Waals surface area contributed by atoms with Gasteiger partial charge in [0.25, 0.3) is 5.89 Å². The average molecular weight is 291 g/mol. The van der Waals surface area contributed by atoms with Gasteiger partial charge < -0.3 is 9.36 Å². The average Bonchev–Trinajstić information content (AvgIpc) is 3.03. The third-order valence-corrected chi connectivity index (χ3v) is 3.58. The Morgan fingerprint density at radius 3 is 2.86 bits per heavy atom. The van der Waals surface area contributed by atoms with Crippen molar-refractivity contribution in [2.75, 3.05) is 0 Å². The van der Waals surface area contributed by atoms with Crippen molar-refractivity contribution in [1.82, 2.24) is 10.1 Å². The van der Waals surface area contributed by atoms with Crippen molar-refractivity contribution in [2.45, 2.75) is 31.3 Å². The van der Waals surface area contributed by atoms with Gasteiger partial charge in [0.05, 0.1) is 5.71 Å². The maximum absolute atomic E-state index is 13.7. The normalized spacial score (nSPS) is 21.2. The van der Waals surface area contributed by atoms with E-state index in [2.05, 4.69) is 15.3 Å². The summed E-state index contributed by atoms with van der Waals surface area (Å²) in [5, 5.41) is 7.72. The standard InChI is InChI=1S/C14H11F2N3O2/c15-8-3-4-10(16)9(5-8)11-6-12(20-18-11)14-17-13(19-21-14)7-1-2-7/h3-5,7,12H,1-2,6H2/t12-/m1/s1. The van der Waals surface area contributed by atoms with E-state index in [0.717, 1.165) is 31.0 Å². The van der Waals surface area contributed by atoms with E-state index in [1.165, 1.54) is 0 Å². The molecule has 0 radical (unpaired) electrons. The fraction of sp³-hybridized carbons (Fsp3) is 0.357. The zero-order valence-corrected chi connectivity index (χ0v) is 10.9. The maximum atomic E-state index is 13.7. The van der Waals surface area contributed by atoms with Crippen LogP contribution in [-0.2, 0) is 4.84 Å². The van der Waals surface area contributed by atoms with E-state index in [-0.39, 0.29) is 12.0 Å². The number of aromatic nitrogens is 2. The second-order valence-electron chi connectivity index (χ2n) is 5.23. The Hall–Kier alpha value is -2.31. The minimum atomic E-state index is -0.539. The van der Waals surface area contributed by atoms with Gasteiger partial charge in [-0.25, -0.2) is 8.78 Å². The Balaban J connectivity index is 1.54. The first kappa shape index (κ1) is 12.4. The van der Waals surface area contributed by atoms with Gasteiger partial charge in [0.1, 0.15) is 11.6 Å². The highest BCUT2D eigenvalue weighted by Gasteiger charge is 2.34. The molecule has 21 heavy (non-hydrogen) atoms. The van der Waals surface area contributed by atoms with E-state index in [1.54, 1.807) is 0 Å². The molecule has 4 rings (SSSR count). The van der Waals surface area contributed by atoms with E-state index >= 15 is 0 Å². The van der Waals surface area contributed by atoms with Crippen LogP contribution < -0.4 is 0 Å². The van der Waals surface area contributed by atoms with Crippen molar-refractivity contribution in [1.29, 1.82) is 0 Å². The molecule has 0 amide bonds. The summed E-state index contributed by atoms with van der Waals surface area (Å²) in [4.78, 5) is 9.50. The molecular weight excluding hydrogens is 280 g/mol. The number of hydrogen-bond acceptors (Lipinski definition) is 5. The molecule has 1 atom stereocenters. The van der Waals surface area contributed by atoms with E-state index < -0.39 is 17.7 Å². The largest absolute Gasteiger partial charge is 0.382 e. The minimum absolute atomic E-state index is 0.0967. The number of nitrogens with zero attached hydrogens (tertiary/aromatic N) is 3. The SMILES string of the molecule is Fc1ccc(F)c(C2=NO[C@@H](c3nc(C4CC4)no3)C2)c1. The van der Waals surface area contributed by atoms with Crippen LogP contribution in [0.4, 0.5) is 8.78 Å². The lowest BCUT2D eigenvalue weighted by atomic mass is 10.0. The lowest BCUT2D eigenvalue weighted by Gasteiger charge is -2.02. The highest BCUT2D eigenvalue weighted by Crippen LogP contribution is 2.39. The van der Waals surface area contributed by atoms with Crippen LogP contribution in [0.5, 0.6) is 0 Å². The number of oxime groups is 1. The summed E-state index contributed by atoms with van der Waals surface area (Å²) in [5.74, 6) is 0.325. The van der Waals surface area contributed by atoms with E-state index in [0.29, 0.717) is 23.3 Å². The van der Waals surface area contributed by atoms with Gasteiger partial charge in [-0.15, -0.1) is 0 Å². The van der Waals surface area contributed by atoms with E-state index in [4.69, 9.17) is 9.36 Å². The van der Waals surface area contributed by atoms with Crippen molar-refractivity contribution in [3.63, 3.8) is 0 Å². The minimum Gasteiger partial charge on any atom is -0.382 e. The molecule has 0 spiro atoms. The molecule has 1 aromatic carbocycles. The van der Waals surface area contributed by atoms with Crippen molar-refractivity contribution < 1.29 is 18.1 Å². The van der Waals surface area contributed by atoms with Gasteiger partial charge in [0.2, 0.25) is 6.10 Å². The summed E-state index contributed by atoms with van der Waals surface area (Å²) in [6.07, 6.45) is 1.87. The van der Waals surface area contributed by atoms with Crippen molar-refractivity contribution >= 4 is 5.71 Å². The fourth-order valence-corrected chi connectivity index (χ4v) is 2.27. The molecular formula is C14H11F2N3O2. The quantitative estimate of drug-likeness (QED) is 0.871. The van der Waals surface area contributed by atoms with Crippen LogP contribution in [0.15, 0.2) is 27.9 Å². The van der Waals surface area contributed by atoms with Crippen molar-refractivity contribution in [3.05, 3.63) is 47.1 Å². The molecule has 1 aromatic heterocycles. The van der Waals surface area contributed by atoms with Crippen LogP contribution in [0.2, 0.25) is 0 Å². The first-order chi connectivity index (χ1) is 10.2. The summed E-state index contributed by atoms with van der Waals surface area (Å²) < 4.78 is 32.1. The smallest absolute Gasteiger partial charge is 0.270 e. The van der Waals surface area contributed by atoms with Gasteiger partial charge in [0, 0.05) is 17.9 Å². The van der Waals surface area contributed by atoms with Gasteiger partial charge in [-0.3, -0.25) is 0 Å². The molecule has 2 aromatic rings. The van der Waals surface area contributed by atoms with Crippen LogP contribution in [0.3, 0.4) is 0 Å².